The number of rotatable bonds is 7. The number of hydrogen-bond donors (Lipinski definition) is 2. The molecule has 2 aromatic carbocycles. The maximum absolute atomic E-state index is 12.5. The van der Waals surface area contributed by atoms with Crippen molar-refractivity contribution in [3.63, 3.8) is 0 Å². The third kappa shape index (κ3) is 6.29. The smallest absolute Gasteiger partial charge is 0.251 e. The molecular formula is C22H22BrCl2N5O2S. The van der Waals surface area contributed by atoms with Gasteiger partial charge < -0.3 is 15.2 Å². The lowest BCUT2D eigenvalue weighted by atomic mass is 10.1. The molecule has 1 aromatic heterocycles. The van der Waals surface area contributed by atoms with Crippen molar-refractivity contribution in [3.8, 4) is 0 Å². The Kier molecular flexibility index (Phi) is 8.44. The first-order valence-corrected chi connectivity index (χ1v) is 12.4. The Labute approximate surface area is 214 Å². The molecule has 0 aliphatic heterocycles. The SMILES string of the molecule is Cc1cc(Br)cc(C)c1NC(=O)CSc1nnc([C@@H](C)NC(=O)c2ccc(Cl)c(Cl)c2)n1C. The van der Waals surface area contributed by atoms with Crippen LogP contribution in [0.4, 0.5) is 5.69 Å². The molecule has 174 valence electrons. The molecule has 0 saturated heterocycles. The van der Waals surface area contributed by atoms with E-state index in [-0.39, 0.29) is 17.6 Å². The highest BCUT2D eigenvalue weighted by atomic mass is 79.9. The Bertz CT molecular complexity index is 1190. The molecule has 11 heteroatoms. The number of aryl methyl sites for hydroxylation is 2. The zero-order valence-corrected chi connectivity index (χ0v) is 22.3. The lowest BCUT2D eigenvalue weighted by Crippen LogP contribution is -2.28. The Balaban J connectivity index is 1.61. The fourth-order valence-corrected chi connectivity index (χ4v) is 4.93. The van der Waals surface area contributed by atoms with Crippen molar-refractivity contribution < 1.29 is 9.59 Å². The number of aromatic nitrogens is 3. The van der Waals surface area contributed by atoms with Gasteiger partial charge in [0.25, 0.3) is 5.91 Å². The van der Waals surface area contributed by atoms with Crippen LogP contribution in [0.2, 0.25) is 10.0 Å². The van der Waals surface area contributed by atoms with Crippen LogP contribution in [-0.4, -0.2) is 32.3 Å². The molecule has 1 heterocycles. The van der Waals surface area contributed by atoms with Gasteiger partial charge in [0.2, 0.25) is 5.91 Å². The Morgan fingerprint density at radius 3 is 2.42 bits per heavy atom. The fourth-order valence-electron chi connectivity index (χ4n) is 3.22. The normalized spacial score (nSPS) is 11.8. The summed E-state index contributed by atoms with van der Waals surface area (Å²) < 4.78 is 2.73. The third-order valence-electron chi connectivity index (χ3n) is 4.88. The summed E-state index contributed by atoms with van der Waals surface area (Å²) in [5.41, 5.74) is 3.16. The summed E-state index contributed by atoms with van der Waals surface area (Å²) in [7, 11) is 1.79. The molecule has 0 unspecified atom stereocenters. The highest BCUT2D eigenvalue weighted by Crippen LogP contribution is 2.26. The number of carbonyl (C=O) groups is 2. The van der Waals surface area contributed by atoms with Gasteiger partial charge in [-0.3, -0.25) is 9.59 Å². The van der Waals surface area contributed by atoms with E-state index in [0.29, 0.717) is 26.6 Å². The van der Waals surface area contributed by atoms with Crippen LogP contribution in [0.1, 0.15) is 40.3 Å². The minimum Gasteiger partial charge on any atom is -0.342 e. The molecule has 0 aliphatic carbocycles. The number of nitrogens with zero attached hydrogens (tertiary/aromatic N) is 3. The summed E-state index contributed by atoms with van der Waals surface area (Å²) in [6.07, 6.45) is 0. The van der Waals surface area contributed by atoms with Crippen molar-refractivity contribution in [2.75, 3.05) is 11.1 Å². The lowest BCUT2D eigenvalue weighted by molar-refractivity contribution is -0.113. The van der Waals surface area contributed by atoms with Crippen molar-refractivity contribution in [2.45, 2.75) is 32.0 Å². The molecule has 2 amide bonds. The van der Waals surface area contributed by atoms with Gasteiger partial charge in [0.15, 0.2) is 11.0 Å². The first-order chi connectivity index (χ1) is 15.6. The van der Waals surface area contributed by atoms with Gasteiger partial charge >= 0.3 is 0 Å². The van der Waals surface area contributed by atoms with E-state index in [2.05, 4.69) is 36.8 Å². The Morgan fingerprint density at radius 2 is 1.79 bits per heavy atom. The van der Waals surface area contributed by atoms with E-state index >= 15 is 0 Å². The van der Waals surface area contributed by atoms with E-state index in [1.54, 1.807) is 30.7 Å². The van der Waals surface area contributed by atoms with Crippen LogP contribution < -0.4 is 10.6 Å². The standard InChI is InChI=1S/C22H22BrCl2N5O2S/c1-11-7-15(23)8-12(2)19(11)27-18(31)10-33-22-29-28-20(30(22)4)13(3)26-21(32)14-5-6-16(24)17(25)9-14/h5-9,13H,10H2,1-4H3,(H,26,32)(H,27,31)/t13-/m1/s1. The summed E-state index contributed by atoms with van der Waals surface area (Å²) in [4.78, 5) is 25.0. The maximum Gasteiger partial charge on any atom is 0.251 e. The van der Waals surface area contributed by atoms with E-state index in [4.69, 9.17) is 23.2 Å². The van der Waals surface area contributed by atoms with Crippen molar-refractivity contribution in [1.29, 1.82) is 0 Å². The average molecular weight is 571 g/mol. The molecule has 0 saturated carbocycles. The first-order valence-electron chi connectivity index (χ1n) is 9.91. The molecule has 0 aliphatic rings. The number of amides is 2. The molecule has 0 fully saturated rings. The van der Waals surface area contributed by atoms with Crippen LogP contribution in [-0.2, 0) is 11.8 Å². The van der Waals surface area contributed by atoms with Gasteiger partial charge in [-0.25, -0.2) is 0 Å². The van der Waals surface area contributed by atoms with Crippen molar-refractivity contribution in [3.05, 3.63) is 67.4 Å². The van der Waals surface area contributed by atoms with Gasteiger partial charge in [-0.05, 0) is 62.2 Å². The summed E-state index contributed by atoms with van der Waals surface area (Å²) in [5, 5.41) is 15.4. The summed E-state index contributed by atoms with van der Waals surface area (Å²) >= 11 is 16.6. The predicted molar refractivity (Wildman–Crippen MR) is 136 cm³/mol. The number of halogens is 3. The molecule has 3 rings (SSSR count). The highest BCUT2D eigenvalue weighted by Gasteiger charge is 2.20. The predicted octanol–water partition coefficient (Wildman–Crippen LogP) is 5.72. The monoisotopic (exact) mass is 569 g/mol. The van der Waals surface area contributed by atoms with E-state index in [1.165, 1.54) is 17.8 Å². The van der Waals surface area contributed by atoms with Crippen LogP contribution in [0.3, 0.4) is 0 Å². The molecule has 3 aromatic rings. The largest absolute Gasteiger partial charge is 0.342 e. The molecule has 0 spiro atoms. The van der Waals surface area contributed by atoms with Crippen molar-refractivity contribution in [2.24, 2.45) is 7.05 Å². The van der Waals surface area contributed by atoms with Crippen molar-refractivity contribution in [1.82, 2.24) is 20.1 Å². The molecule has 0 radical (unpaired) electrons. The zero-order valence-electron chi connectivity index (χ0n) is 18.4. The minimum absolute atomic E-state index is 0.140. The molecule has 1 atom stereocenters. The van der Waals surface area contributed by atoms with Gasteiger partial charge in [0, 0.05) is 22.8 Å². The average Bonchev–Trinajstić information content (AvgIpc) is 3.11. The quantitative estimate of drug-likeness (QED) is 0.354. The second-order valence-electron chi connectivity index (χ2n) is 7.48. The number of carbonyl (C=O) groups excluding carboxylic acids is 2. The Hall–Kier alpha value is -2.07. The number of thioether (sulfide) groups is 1. The second kappa shape index (κ2) is 10.9. The van der Waals surface area contributed by atoms with E-state index in [1.807, 2.05) is 26.0 Å². The van der Waals surface area contributed by atoms with Crippen LogP contribution in [0.15, 0.2) is 40.0 Å². The van der Waals surface area contributed by atoms with Gasteiger partial charge in [-0.2, -0.15) is 0 Å². The highest BCUT2D eigenvalue weighted by molar-refractivity contribution is 9.10. The van der Waals surface area contributed by atoms with Gasteiger partial charge in [-0.15, -0.1) is 10.2 Å². The van der Waals surface area contributed by atoms with Crippen molar-refractivity contribution >= 4 is 68.4 Å². The van der Waals surface area contributed by atoms with E-state index in [0.717, 1.165) is 21.3 Å². The van der Waals surface area contributed by atoms with Crippen LogP contribution in [0.5, 0.6) is 0 Å². The second-order valence-corrected chi connectivity index (χ2v) is 10.1. The van der Waals surface area contributed by atoms with E-state index < -0.39 is 6.04 Å². The van der Waals surface area contributed by atoms with Gasteiger partial charge in [0.05, 0.1) is 21.8 Å². The number of anilines is 1. The molecule has 0 bridgehead atoms. The lowest BCUT2D eigenvalue weighted by Gasteiger charge is -2.14. The Morgan fingerprint density at radius 1 is 1.12 bits per heavy atom. The first kappa shape index (κ1) is 25.6. The van der Waals surface area contributed by atoms with Crippen LogP contribution >= 0.6 is 50.9 Å². The molecule has 7 nitrogen and oxygen atoms in total. The van der Waals surface area contributed by atoms with E-state index in [9.17, 15) is 9.59 Å². The summed E-state index contributed by atoms with van der Waals surface area (Å²) in [6, 6.07) is 8.18. The number of benzene rings is 2. The minimum atomic E-state index is -0.416. The fraction of sp³-hybridized carbons (Fsp3) is 0.273. The maximum atomic E-state index is 12.5. The van der Waals surface area contributed by atoms with Crippen LogP contribution in [0, 0.1) is 13.8 Å². The summed E-state index contributed by atoms with van der Waals surface area (Å²) in [6.45, 7) is 5.70. The molecular weight excluding hydrogens is 549 g/mol. The summed E-state index contributed by atoms with van der Waals surface area (Å²) in [5.74, 6) is 0.285. The molecule has 2 N–H and O–H groups in total. The zero-order chi connectivity index (χ0) is 24.3. The van der Waals surface area contributed by atoms with Gasteiger partial charge in [-0.1, -0.05) is 50.9 Å². The topological polar surface area (TPSA) is 88.9 Å². The third-order valence-corrected chi connectivity index (χ3v) is 7.10. The van der Waals surface area contributed by atoms with Gasteiger partial charge in [0.1, 0.15) is 0 Å². The number of hydrogen-bond acceptors (Lipinski definition) is 5. The molecule has 33 heavy (non-hydrogen) atoms. The van der Waals surface area contributed by atoms with Crippen LogP contribution in [0.25, 0.3) is 0 Å². The number of nitrogens with one attached hydrogen (secondary N) is 2.